The molecule has 11 heavy (non-hydrogen) atoms. The molecule has 4 heteroatoms. The molecule has 0 amide bonds. The Balaban J connectivity index is 2.94. The van der Waals surface area contributed by atoms with Crippen molar-refractivity contribution < 1.29 is 5.11 Å². The minimum Gasteiger partial charge on any atom is -0.492 e. The molecule has 0 aromatic carbocycles. The van der Waals surface area contributed by atoms with Crippen LogP contribution in [-0.4, -0.2) is 10.1 Å². The first kappa shape index (κ1) is 7.06. The molecule has 2 aromatic heterocycles. The van der Waals surface area contributed by atoms with Gasteiger partial charge in [-0.25, -0.2) is 4.98 Å². The van der Waals surface area contributed by atoms with Crippen molar-refractivity contribution in [3.05, 3.63) is 22.1 Å². The van der Waals surface area contributed by atoms with Crippen molar-refractivity contribution in [1.82, 2.24) is 4.98 Å². The van der Waals surface area contributed by atoms with Crippen molar-refractivity contribution >= 4 is 37.4 Å². The fourth-order valence-corrected chi connectivity index (χ4v) is 2.47. The second-order valence-electron chi connectivity index (χ2n) is 2.09. The van der Waals surface area contributed by atoms with E-state index in [-0.39, 0.29) is 5.88 Å². The van der Waals surface area contributed by atoms with E-state index in [9.17, 15) is 5.11 Å². The zero-order valence-electron chi connectivity index (χ0n) is 5.41. The second kappa shape index (κ2) is 2.46. The number of hydrogen-bond acceptors (Lipinski definition) is 3. The van der Waals surface area contributed by atoms with E-state index in [1.54, 1.807) is 6.20 Å². The highest BCUT2D eigenvalue weighted by molar-refractivity contribution is 9.10. The fraction of sp³-hybridized carbons (Fsp3) is 0. The van der Waals surface area contributed by atoms with Crippen LogP contribution in [0.15, 0.2) is 22.1 Å². The van der Waals surface area contributed by atoms with Crippen LogP contribution in [0, 0.1) is 0 Å². The standard InChI is InChI=1S/C7H4BrNOS/c8-5-3-11-6-4(5)1-2-9-7(6)10/h1-3H,(H,9,10). The van der Waals surface area contributed by atoms with Crippen LogP contribution in [0.3, 0.4) is 0 Å². The van der Waals surface area contributed by atoms with E-state index in [4.69, 9.17) is 0 Å². The first-order valence-corrected chi connectivity index (χ1v) is 4.67. The summed E-state index contributed by atoms with van der Waals surface area (Å²) in [5.74, 6) is 0.109. The summed E-state index contributed by atoms with van der Waals surface area (Å²) in [5.41, 5.74) is 0. The summed E-state index contributed by atoms with van der Waals surface area (Å²) in [5, 5.41) is 12.2. The Kier molecular flexibility index (Phi) is 1.58. The van der Waals surface area contributed by atoms with Crippen LogP contribution in [-0.2, 0) is 0 Å². The summed E-state index contributed by atoms with van der Waals surface area (Å²) in [7, 11) is 0. The summed E-state index contributed by atoms with van der Waals surface area (Å²) < 4.78 is 1.84. The van der Waals surface area contributed by atoms with Gasteiger partial charge < -0.3 is 5.11 Å². The number of halogens is 1. The number of rotatable bonds is 0. The Morgan fingerprint density at radius 3 is 3.09 bits per heavy atom. The van der Waals surface area contributed by atoms with Crippen molar-refractivity contribution in [3.63, 3.8) is 0 Å². The predicted octanol–water partition coefficient (Wildman–Crippen LogP) is 2.76. The van der Waals surface area contributed by atoms with Crippen LogP contribution in [0.5, 0.6) is 5.88 Å². The van der Waals surface area contributed by atoms with E-state index < -0.39 is 0 Å². The molecule has 0 unspecified atom stereocenters. The first-order chi connectivity index (χ1) is 5.29. The molecule has 2 nitrogen and oxygen atoms in total. The van der Waals surface area contributed by atoms with E-state index >= 15 is 0 Å². The summed E-state index contributed by atoms with van der Waals surface area (Å²) in [6.07, 6.45) is 1.59. The average Bonchev–Trinajstić information content (AvgIpc) is 2.35. The number of pyridine rings is 1. The maximum Gasteiger partial charge on any atom is 0.229 e. The maximum absolute atomic E-state index is 9.26. The van der Waals surface area contributed by atoms with Gasteiger partial charge in [-0.3, -0.25) is 0 Å². The van der Waals surface area contributed by atoms with Crippen LogP contribution < -0.4 is 0 Å². The number of hydrogen-bond donors (Lipinski definition) is 1. The molecule has 0 atom stereocenters. The highest BCUT2D eigenvalue weighted by Crippen LogP contribution is 2.34. The summed E-state index contributed by atoms with van der Waals surface area (Å²) in [6.45, 7) is 0. The molecule has 2 heterocycles. The Hall–Kier alpha value is -0.610. The lowest BCUT2D eigenvalue weighted by Crippen LogP contribution is -1.71. The highest BCUT2D eigenvalue weighted by atomic mass is 79.9. The molecule has 0 saturated carbocycles. The number of thiophene rings is 1. The molecule has 0 bridgehead atoms. The third-order valence-corrected chi connectivity index (χ3v) is 3.37. The van der Waals surface area contributed by atoms with Gasteiger partial charge in [-0.2, -0.15) is 0 Å². The average molecular weight is 230 g/mol. The smallest absolute Gasteiger partial charge is 0.229 e. The zero-order chi connectivity index (χ0) is 7.84. The van der Waals surface area contributed by atoms with Crippen LogP contribution in [0.1, 0.15) is 0 Å². The van der Waals surface area contributed by atoms with E-state index in [1.807, 2.05) is 11.4 Å². The number of nitrogens with zero attached hydrogens (tertiary/aromatic N) is 1. The first-order valence-electron chi connectivity index (χ1n) is 2.99. The number of aromatic nitrogens is 1. The molecule has 2 aromatic rings. The summed E-state index contributed by atoms with van der Waals surface area (Å²) in [4.78, 5) is 3.77. The predicted molar refractivity (Wildman–Crippen MR) is 49.0 cm³/mol. The van der Waals surface area contributed by atoms with Gasteiger partial charge in [0.05, 0.1) is 4.70 Å². The van der Waals surface area contributed by atoms with E-state index in [2.05, 4.69) is 20.9 Å². The van der Waals surface area contributed by atoms with Gasteiger partial charge in [0.15, 0.2) is 0 Å². The molecule has 2 rings (SSSR count). The van der Waals surface area contributed by atoms with Gasteiger partial charge in [-0.15, -0.1) is 11.3 Å². The normalized spacial score (nSPS) is 10.6. The lowest BCUT2D eigenvalue weighted by atomic mass is 10.3. The van der Waals surface area contributed by atoms with Gasteiger partial charge >= 0.3 is 0 Å². The molecule has 0 radical (unpaired) electrons. The summed E-state index contributed by atoms with van der Waals surface area (Å²) in [6, 6.07) is 1.87. The van der Waals surface area contributed by atoms with Crippen molar-refractivity contribution in [1.29, 1.82) is 0 Å². The number of aromatic hydroxyl groups is 1. The minimum absolute atomic E-state index is 0.109. The van der Waals surface area contributed by atoms with Crippen LogP contribution in [0.4, 0.5) is 0 Å². The topological polar surface area (TPSA) is 33.1 Å². The van der Waals surface area contributed by atoms with E-state index in [0.29, 0.717) is 0 Å². The van der Waals surface area contributed by atoms with Gasteiger partial charge in [-0.1, -0.05) is 0 Å². The third-order valence-electron chi connectivity index (χ3n) is 1.42. The molecule has 0 saturated heterocycles. The van der Waals surface area contributed by atoms with Crippen LogP contribution in [0.25, 0.3) is 10.1 Å². The van der Waals surface area contributed by atoms with Crippen LogP contribution >= 0.6 is 27.3 Å². The monoisotopic (exact) mass is 229 g/mol. The van der Waals surface area contributed by atoms with Gasteiger partial charge in [0.1, 0.15) is 0 Å². The Labute approximate surface area is 75.6 Å². The largest absolute Gasteiger partial charge is 0.492 e. The van der Waals surface area contributed by atoms with Crippen molar-refractivity contribution in [2.24, 2.45) is 0 Å². The van der Waals surface area contributed by atoms with Crippen molar-refractivity contribution in [2.75, 3.05) is 0 Å². The quantitative estimate of drug-likeness (QED) is 0.754. The van der Waals surface area contributed by atoms with Gasteiger partial charge in [-0.05, 0) is 22.0 Å². The molecule has 0 aliphatic carbocycles. The molecular formula is C7H4BrNOS. The van der Waals surface area contributed by atoms with Gasteiger partial charge in [0.2, 0.25) is 5.88 Å². The SMILES string of the molecule is Oc1nccc2c(Br)csc12. The molecule has 0 fully saturated rings. The molecular weight excluding hydrogens is 226 g/mol. The van der Waals surface area contributed by atoms with Gasteiger partial charge in [0, 0.05) is 21.4 Å². The van der Waals surface area contributed by atoms with Crippen molar-refractivity contribution in [3.8, 4) is 5.88 Å². The molecule has 1 N–H and O–H groups in total. The van der Waals surface area contributed by atoms with Crippen molar-refractivity contribution in [2.45, 2.75) is 0 Å². The Bertz CT molecular complexity index is 398. The van der Waals surface area contributed by atoms with E-state index in [1.165, 1.54) is 11.3 Å². The second-order valence-corrected chi connectivity index (χ2v) is 3.83. The molecule has 0 aliphatic rings. The summed E-state index contributed by atoms with van der Waals surface area (Å²) >= 11 is 4.85. The minimum atomic E-state index is 0.109. The molecule has 0 aliphatic heterocycles. The Morgan fingerprint density at radius 2 is 2.36 bits per heavy atom. The van der Waals surface area contributed by atoms with Gasteiger partial charge in [0.25, 0.3) is 0 Å². The fourth-order valence-electron chi connectivity index (χ4n) is 0.916. The van der Waals surface area contributed by atoms with Crippen LogP contribution in [0.2, 0.25) is 0 Å². The number of fused-ring (bicyclic) bond motifs is 1. The Morgan fingerprint density at radius 1 is 1.55 bits per heavy atom. The lowest BCUT2D eigenvalue weighted by Gasteiger charge is -1.91. The van der Waals surface area contributed by atoms with E-state index in [0.717, 1.165) is 14.6 Å². The molecule has 0 spiro atoms. The highest BCUT2D eigenvalue weighted by Gasteiger charge is 2.04. The molecule has 56 valence electrons. The zero-order valence-corrected chi connectivity index (χ0v) is 7.82. The maximum atomic E-state index is 9.26. The third kappa shape index (κ3) is 1.02. The lowest BCUT2D eigenvalue weighted by molar-refractivity contribution is 0.461.